The van der Waals surface area contributed by atoms with Crippen molar-refractivity contribution < 1.29 is 4.79 Å². The van der Waals surface area contributed by atoms with Crippen LogP contribution >= 0.6 is 12.4 Å². The molecule has 0 spiro atoms. The first kappa shape index (κ1) is 20.7. The highest BCUT2D eigenvalue weighted by atomic mass is 35.5. The van der Waals surface area contributed by atoms with Crippen LogP contribution in [-0.4, -0.2) is 49.4 Å². The first-order valence-corrected chi connectivity index (χ1v) is 7.66. The second-order valence-electron chi connectivity index (χ2n) is 6.24. The molecule has 0 aliphatic rings. The van der Waals surface area contributed by atoms with Crippen molar-refractivity contribution in [2.24, 2.45) is 5.92 Å². The van der Waals surface area contributed by atoms with E-state index in [4.69, 9.17) is 5.73 Å². The normalized spacial score (nSPS) is 10.6. The maximum atomic E-state index is 12.4. The van der Waals surface area contributed by atoms with Gasteiger partial charge in [-0.2, -0.15) is 0 Å². The largest absolute Gasteiger partial charge is 0.399 e. The lowest BCUT2D eigenvalue weighted by molar-refractivity contribution is -0.131. The maximum absolute atomic E-state index is 12.4. The number of carbonyl (C=O) groups excluding carboxylic acids is 1. The number of nitrogen functional groups attached to an aromatic ring is 1. The van der Waals surface area contributed by atoms with E-state index in [2.05, 4.69) is 18.7 Å². The van der Waals surface area contributed by atoms with Gasteiger partial charge in [0.05, 0.1) is 0 Å². The van der Waals surface area contributed by atoms with Crippen LogP contribution in [0.4, 0.5) is 5.69 Å². The summed E-state index contributed by atoms with van der Waals surface area (Å²) in [6.07, 6.45) is 1.23. The van der Waals surface area contributed by atoms with Crippen LogP contribution < -0.4 is 5.73 Å². The van der Waals surface area contributed by atoms with Crippen LogP contribution in [0.25, 0.3) is 0 Å². The van der Waals surface area contributed by atoms with Gasteiger partial charge >= 0.3 is 0 Å². The van der Waals surface area contributed by atoms with E-state index in [0.29, 0.717) is 18.8 Å². The Kier molecular flexibility index (Phi) is 9.86. The Labute approximate surface area is 141 Å². The Morgan fingerprint density at radius 2 is 1.82 bits per heavy atom. The average Bonchev–Trinajstić information content (AvgIpc) is 2.41. The van der Waals surface area contributed by atoms with Crippen LogP contribution in [0, 0.1) is 5.92 Å². The molecule has 1 rings (SSSR count). The highest BCUT2D eigenvalue weighted by Gasteiger charge is 2.15. The molecule has 0 bridgehead atoms. The predicted molar refractivity (Wildman–Crippen MR) is 96.4 cm³/mol. The van der Waals surface area contributed by atoms with Gasteiger partial charge in [-0.25, -0.2) is 0 Å². The van der Waals surface area contributed by atoms with Crippen molar-refractivity contribution in [3.05, 3.63) is 29.8 Å². The van der Waals surface area contributed by atoms with Gasteiger partial charge in [-0.3, -0.25) is 4.79 Å². The second kappa shape index (κ2) is 10.5. The minimum Gasteiger partial charge on any atom is -0.399 e. The molecule has 0 fully saturated rings. The number of nitrogens with two attached hydrogens (primary N) is 1. The summed E-state index contributed by atoms with van der Waals surface area (Å²) in [4.78, 5) is 16.5. The van der Waals surface area contributed by atoms with Crippen molar-refractivity contribution >= 4 is 24.0 Å². The molecule has 5 heteroatoms. The number of nitrogens with zero attached hydrogens (tertiary/aromatic N) is 2. The van der Waals surface area contributed by atoms with Gasteiger partial charge in [0.15, 0.2) is 0 Å². The molecule has 126 valence electrons. The maximum Gasteiger partial charge on any atom is 0.222 e. The zero-order valence-electron chi connectivity index (χ0n) is 14.2. The predicted octanol–water partition coefficient (Wildman–Crippen LogP) is 2.67. The molecule has 0 atom stereocenters. The summed E-state index contributed by atoms with van der Waals surface area (Å²) in [5.74, 6) is 0.701. The summed E-state index contributed by atoms with van der Waals surface area (Å²) in [7, 11) is 4.06. The number of para-hydroxylation sites is 1. The molecule has 0 aliphatic carbocycles. The summed E-state index contributed by atoms with van der Waals surface area (Å²) in [6, 6.07) is 7.77. The van der Waals surface area contributed by atoms with Crippen LogP contribution in [0.1, 0.15) is 25.8 Å². The summed E-state index contributed by atoms with van der Waals surface area (Å²) in [5, 5.41) is 0. The number of amides is 1. The fraction of sp³-hybridized carbons (Fsp3) is 0.588. The van der Waals surface area contributed by atoms with Crippen LogP contribution in [0.15, 0.2) is 24.3 Å². The molecule has 0 radical (unpaired) electrons. The topological polar surface area (TPSA) is 49.6 Å². The van der Waals surface area contributed by atoms with Gasteiger partial charge in [0.25, 0.3) is 0 Å². The van der Waals surface area contributed by atoms with Crippen molar-refractivity contribution in [3.63, 3.8) is 0 Å². The number of anilines is 1. The van der Waals surface area contributed by atoms with E-state index in [0.717, 1.165) is 30.9 Å². The van der Waals surface area contributed by atoms with E-state index in [1.54, 1.807) is 0 Å². The number of carbonyl (C=O) groups is 1. The Bertz CT molecular complexity index is 449. The zero-order valence-corrected chi connectivity index (χ0v) is 15.0. The van der Waals surface area contributed by atoms with Crippen molar-refractivity contribution in [3.8, 4) is 0 Å². The lowest BCUT2D eigenvalue weighted by Gasteiger charge is -2.26. The molecular formula is C17H30ClN3O. The van der Waals surface area contributed by atoms with E-state index < -0.39 is 0 Å². The van der Waals surface area contributed by atoms with Gasteiger partial charge in [-0.05, 0) is 38.1 Å². The molecule has 1 aromatic rings. The molecule has 0 heterocycles. The van der Waals surface area contributed by atoms with Crippen molar-refractivity contribution in [1.29, 1.82) is 0 Å². The van der Waals surface area contributed by atoms with Crippen molar-refractivity contribution in [1.82, 2.24) is 9.80 Å². The summed E-state index contributed by atoms with van der Waals surface area (Å²) in [5.41, 5.74) is 7.76. The number of likely N-dealkylation sites (N-methyl/N-ethyl adjacent to an activating group) is 1. The summed E-state index contributed by atoms with van der Waals surface area (Å²) < 4.78 is 0. The van der Waals surface area contributed by atoms with E-state index >= 15 is 0 Å². The van der Waals surface area contributed by atoms with E-state index in [1.807, 2.05) is 43.3 Å². The summed E-state index contributed by atoms with van der Waals surface area (Å²) in [6.45, 7) is 6.79. The monoisotopic (exact) mass is 327 g/mol. The first-order valence-electron chi connectivity index (χ1n) is 7.66. The Hall–Kier alpha value is -1.26. The number of hydrogen-bond acceptors (Lipinski definition) is 3. The van der Waals surface area contributed by atoms with Crippen molar-refractivity contribution in [2.45, 2.75) is 26.7 Å². The van der Waals surface area contributed by atoms with Crippen LogP contribution in [0.2, 0.25) is 0 Å². The molecule has 1 aromatic carbocycles. The first-order chi connectivity index (χ1) is 9.90. The molecule has 0 saturated carbocycles. The highest BCUT2D eigenvalue weighted by molar-refractivity contribution is 5.85. The third-order valence-corrected chi connectivity index (χ3v) is 3.42. The molecule has 2 N–H and O–H groups in total. The van der Waals surface area contributed by atoms with Crippen LogP contribution in [-0.2, 0) is 11.2 Å². The second-order valence-corrected chi connectivity index (χ2v) is 6.24. The fourth-order valence-electron chi connectivity index (χ4n) is 2.24. The zero-order chi connectivity index (χ0) is 15.8. The lowest BCUT2D eigenvalue weighted by atomic mass is 10.1. The molecule has 0 aromatic heterocycles. The Morgan fingerprint density at radius 1 is 1.18 bits per heavy atom. The highest BCUT2D eigenvalue weighted by Crippen LogP contribution is 2.13. The van der Waals surface area contributed by atoms with Crippen LogP contribution in [0.3, 0.4) is 0 Å². The Morgan fingerprint density at radius 3 is 2.36 bits per heavy atom. The van der Waals surface area contributed by atoms with E-state index in [1.165, 1.54) is 0 Å². The summed E-state index contributed by atoms with van der Waals surface area (Å²) >= 11 is 0. The number of hydrogen-bond donors (Lipinski definition) is 1. The number of halogens is 1. The van der Waals surface area contributed by atoms with Crippen molar-refractivity contribution in [2.75, 3.05) is 39.5 Å². The third-order valence-electron chi connectivity index (χ3n) is 3.42. The number of rotatable bonds is 8. The SMILES string of the molecule is CC(C)CN(CCN(C)C)C(=O)CCc1ccccc1N.Cl. The molecule has 1 amide bonds. The molecule has 0 unspecified atom stereocenters. The molecule has 0 aliphatic heterocycles. The fourth-order valence-corrected chi connectivity index (χ4v) is 2.24. The Balaban J connectivity index is 0.00000441. The average molecular weight is 328 g/mol. The van der Waals surface area contributed by atoms with Gasteiger partial charge in [-0.15, -0.1) is 12.4 Å². The smallest absolute Gasteiger partial charge is 0.222 e. The minimum absolute atomic E-state index is 0. The molecule has 22 heavy (non-hydrogen) atoms. The van der Waals surface area contributed by atoms with E-state index in [9.17, 15) is 4.79 Å². The van der Waals surface area contributed by atoms with Gasteiger partial charge in [-0.1, -0.05) is 32.0 Å². The van der Waals surface area contributed by atoms with Gasteiger partial charge < -0.3 is 15.5 Å². The number of aryl methyl sites for hydroxylation is 1. The standard InChI is InChI=1S/C17H29N3O.ClH/c1-14(2)13-20(12-11-19(3)4)17(21)10-9-15-7-5-6-8-16(15)18;/h5-8,14H,9-13,18H2,1-4H3;1H. The third kappa shape index (κ3) is 7.66. The number of benzene rings is 1. The van der Waals surface area contributed by atoms with E-state index in [-0.39, 0.29) is 18.3 Å². The van der Waals surface area contributed by atoms with Gasteiger partial charge in [0.2, 0.25) is 5.91 Å². The van der Waals surface area contributed by atoms with Gasteiger partial charge in [0, 0.05) is 31.7 Å². The molecule has 4 nitrogen and oxygen atoms in total. The van der Waals surface area contributed by atoms with Crippen LogP contribution in [0.5, 0.6) is 0 Å². The van der Waals surface area contributed by atoms with Gasteiger partial charge in [0.1, 0.15) is 0 Å². The molecular weight excluding hydrogens is 298 g/mol. The molecule has 0 saturated heterocycles. The minimum atomic E-state index is 0. The quantitative estimate of drug-likeness (QED) is 0.747. The lowest BCUT2D eigenvalue weighted by Crippen LogP contribution is -2.39.